The van der Waals surface area contributed by atoms with E-state index in [0.29, 0.717) is 0 Å². The van der Waals surface area contributed by atoms with Crippen molar-refractivity contribution in [3.05, 3.63) is 33.1 Å². The molecule has 1 aliphatic rings. The van der Waals surface area contributed by atoms with Gasteiger partial charge >= 0.3 is 11.7 Å². The quantitative estimate of drug-likeness (QED) is 0.552. The molecule has 0 saturated carbocycles. The molecule has 122 valence electrons. The van der Waals surface area contributed by atoms with Crippen molar-refractivity contribution in [3.8, 4) is 0 Å². The smallest absolute Gasteiger partial charge is 0.330 e. The van der Waals surface area contributed by atoms with Crippen LogP contribution in [-0.4, -0.2) is 56.8 Å². The second-order valence-electron chi connectivity index (χ2n) is 4.77. The third-order valence-corrected chi connectivity index (χ3v) is 3.22. The molecule has 1 aliphatic heterocycles. The number of aliphatic hydroxyl groups is 2. The Labute approximate surface area is 122 Å². The molecule has 1 aromatic heterocycles. The lowest BCUT2D eigenvalue weighted by molar-refractivity contribution is -0.245. The van der Waals surface area contributed by atoms with E-state index >= 15 is 0 Å². The van der Waals surface area contributed by atoms with E-state index in [2.05, 4.69) is 0 Å². The molecule has 5 atom stereocenters. The number of carbonyl (C=O) groups excluding carboxylic acids is 1. The van der Waals surface area contributed by atoms with Crippen LogP contribution in [0.2, 0.25) is 0 Å². The third-order valence-electron chi connectivity index (χ3n) is 3.22. The molecule has 0 unspecified atom stereocenters. The number of hydrogen-bond donors (Lipinski definition) is 3. The van der Waals surface area contributed by atoms with Gasteiger partial charge in [0.15, 0.2) is 18.5 Å². The van der Waals surface area contributed by atoms with Crippen molar-refractivity contribution in [2.75, 3.05) is 6.61 Å². The highest BCUT2D eigenvalue weighted by molar-refractivity contribution is 5.66. The predicted octanol–water partition coefficient (Wildman–Crippen LogP) is -1.94. The van der Waals surface area contributed by atoms with Gasteiger partial charge in [0.2, 0.25) is 0 Å². The lowest BCUT2D eigenvalue weighted by Crippen LogP contribution is -2.57. The fourth-order valence-corrected chi connectivity index (χ4v) is 2.21. The maximum absolute atomic E-state index is 14.3. The van der Waals surface area contributed by atoms with Gasteiger partial charge in [0, 0.05) is 19.2 Å². The Morgan fingerprint density at radius 1 is 1.55 bits per heavy atom. The van der Waals surface area contributed by atoms with Crippen LogP contribution in [0.15, 0.2) is 21.9 Å². The maximum atomic E-state index is 14.3. The number of aliphatic hydroxyl groups excluding tert-OH is 2. The first-order valence-electron chi connectivity index (χ1n) is 6.42. The minimum absolute atomic E-state index is 0.670. The van der Waals surface area contributed by atoms with Crippen LogP contribution in [0.4, 0.5) is 4.39 Å². The van der Waals surface area contributed by atoms with Crippen molar-refractivity contribution >= 4 is 5.97 Å². The van der Waals surface area contributed by atoms with E-state index in [9.17, 15) is 23.9 Å². The molecule has 1 saturated heterocycles. The number of ether oxygens (including phenoxy) is 2. The van der Waals surface area contributed by atoms with E-state index in [1.54, 1.807) is 0 Å². The standard InChI is InChI=1S/C12H15FN2O7/c1-5(17)21-10-8(13)9(19)6(4-16)22-11(10)15-3-2-7(18)14-12(15)20/h2-3,6,8-11,16,19H,4H2,1H3,(H,14,18,20)/t6-,8+,9-,10-,11-/m1/s1. The number of aromatic nitrogens is 2. The highest BCUT2D eigenvalue weighted by Gasteiger charge is 2.48. The molecule has 2 rings (SSSR count). The second-order valence-corrected chi connectivity index (χ2v) is 4.77. The summed E-state index contributed by atoms with van der Waals surface area (Å²) >= 11 is 0. The van der Waals surface area contributed by atoms with Crippen LogP contribution >= 0.6 is 0 Å². The molecule has 0 aromatic carbocycles. The summed E-state index contributed by atoms with van der Waals surface area (Å²) in [5, 5.41) is 18.8. The number of rotatable bonds is 3. The summed E-state index contributed by atoms with van der Waals surface area (Å²) in [6.45, 7) is 0.326. The van der Waals surface area contributed by atoms with Crippen LogP contribution in [0.5, 0.6) is 0 Å². The molecular weight excluding hydrogens is 303 g/mol. The Kier molecular flexibility index (Phi) is 4.74. The molecule has 10 heteroatoms. The normalized spacial score (nSPS) is 31.7. The molecule has 22 heavy (non-hydrogen) atoms. The lowest BCUT2D eigenvalue weighted by atomic mass is 9.99. The Morgan fingerprint density at radius 3 is 2.77 bits per heavy atom. The van der Waals surface area contributed by atoms with Crippen molar-refractivity contribution in [3.63, 3.8) is 0 Å². The molecule has 2 heterocycles. The average Bonchev–Trinajstić information content (AvgIpc) is 2.45. The van der Waals surface area contributed by atoms with E-state index in [1.807, 2.05) is 4.98 Å². The lowest BCUT2D eigenvalue weighted by Gasteiger charge is -2.40. The first-order valence-corrected chi connectivity index (χ1v) is 6.42. The Balaban J connectivity index is 2.44. The van der Waals surface area contributed by atoms with Gasteiger partial charge in [-0.1, -0.05) is 0 Å². The van der Waals surface area contributed by atoms with Gasteiger partial charge in [0.25, 0.3) is 5.56 Å². The topological polar surface area (TPSA) is 131 Å². The van der Waals surface area contributed by atoms with Gasteiger partial charge in [0.05, 0.1) is 6.61 Å². The highest BCUT2D eigenvalue weighted by atomic mass is 19.1. The van der Waals surface area contributed by atoms with Gasteiger partial charge < -0.3 is 19.7 Å². The van der Waals surface area contributed by atoms with E-state index in [0.717, 1.165) is 23.8 Å². The van der Waals surface area contributed by atoms with Gasteiger partial charge in [-0.3, -0.25) is 19.1 Å². The minimum Gasteiger partial charge on any atom is -0.454 e. The van der Waals surface area contributed by atoms with Crippen LogP contribution in [0.1, 0.15) is 13.2 Å². The number of H-pyrrole nitrogens is 1. The minimum atomic E-state index is -2.08. The highest BCUT2D eigenvalue weighted by Crippen LogP contribution is 2.31. The average molecular weight is 318 g/mol. The van der Waals surface area contributed by atoms with Crippen molar-refractivity contribution in [2.24, 2.45) is 0 Å². The SMILES string of the molecule is CC(=O)O[C@@H]1[C@@H](F)[C@H](O)[C@@H](CO)O[C@H]1n1ccc(=O)[nH]c1=O. The Bertz CT molecular complexity index is 657. The van der Waals surface area contributed by atoms with Crippen molar-refractivity contribution in [1.82, 2.24) is 9.55 Å². The van der Waals surface area contributed by atoms with Gasteiger partial charge in [-0.05, 0) is 0 Å². The van der Waals surface area contributed by atoms with E-state index in [1.165, 1.54) is 0 Å². The summed E-state index contributed by atoms with van der Waals surface area (Å²) in [6.07, 6.45) is -7.14. The number of aromatic amines is 1. The molecule has 0 bridgehead atoms. The van der Waals surface area contributed by atoms with Gasteiger partial charge in [-0.25, -0.2) is 9.18 Å². The van der Waals surface area contributed by atoms with E-state index in [4.69, 9.17) is 14.6 Å². The van der Waals surface area contributed by atoms with Gasteiger partial charge in [0.1, 0.15) is 12.2 Å². The third kappa shape index (κ3) is 3.08. The van der Waals surface area contributed by atoms with Crippen LogP contribution < -0.4 is 11.2 Å². The molecule has 9 nitrogen and oxygen atoms in total. The summed E-state index contributed by atoms with van der Waals surface area (Å²) in [6, 6.07) is 1.00. The number of nitrogens with zero attached hydrogens (tertiary/aromatic N) is 1. The zero-order chi connectivity index (χ0) is 16.4. The molecule has 0 aliphatic carbocycles. The summed E-state index contributed by atoms with van der Waals surface area (Å²) in [7, 11) is 0. The van der Waals surface area contributed by atoms with Crippen molar-refractivity contribution in [1.29, 1.82) is 0 Å². The fraction of sp³-hybridized carbons (Fsp3) is 0.583. The molecule has 3 N–H and O–H groups in total. The number of carbonyl (C=O) groups is 1. The maximum Gasteiger partial charge on any atom is 0.330 e. The zero-order valence-corrected chi connectivity index (χ0v) is 11.5. The second kappa shape index (κ2) is 6.38. The number of esters is 1. The van der Waals surface area contributed by atoms with Crippen molar-refractivity contribution in [2.45, 2.75) is 37.6 Å². The zero-order valence-electron chi connectivity index (χ0n) is 11.5. The molecule has 1 aromatic rings. The Hall–Kier alpha value is -2.04. The number of halogens is 1. The molecule has 0 amide bonds. The summed E-state index contributed by atoms with van der Waals surface area (Å²) < 4.78 is 25.1. The van der Waals surface area contributed by atoms with Crippen LogP contribution in [0.25, 0.3) is 0 Å². The molecule has 0 radical (unpaired) electrons. The number of alkyl halides is 1. The fourth-order valence-electron chi connectivity index (χ4n) is 2.21. The van der Waals surface area contributed by atoms with Gasteiger partial charge in [-0.2, -0.15) is 0 Å². The summed E-state index contributed by atoms with van der Waals surface area (Å²) in [5.74, 6) is -0.839. The first-order chi connectivity index (χ1) is 10.3. The van der Waals surface area contributed by atoms with E-state index in [-0.39, 0.29) is 0 Å². The number of hydrogen-bond acceptors (Lipinski definition) is 7. The molecule has 1 fully saturated rings. The summed E-state index contributed by atoms with van der Waals surface area (Å²) in [4.78, 5) is 35.9. The Morgan fingerprint density at radius 2 is 2.23 bits per heavy atom. The predicted molar refractivity (Wildman–Crippen MR) is 68.8 cm³/mol. The van der Waals surface area contributed by atoms with E-state index < -0.39 is 54.5 Å². The van der Waals surface area contributed by atoms with Crippen LogP contribution in [-0.2, 0) is 14.3 Å². The first kappa shape index (κ1) is 16.3. The monoisotopic (exact) mass is 318 g/mol. The molecular formula is C12H15FN2O7. The van der Waals surface area contributed by atoms with Gasteiger partial charge in [-0.15, -0.1) is 0 Å². The molecule has 0 spiro atoms. The number of nitrogens with one attached hydrogen (secondary N) is 1. The summed E-state index contributed by atoms with van der Waals surface area (Å²) in [5.41, 5.74) is -1.58. The largest absolute Gasteiger partial charge is 0.454 e. The van der Waals surface area contributed by atoms with Crippen LogP contribution in [0, 0.1) is 0 Å². The van der Waals surface area contributed by atoms with Crippen molar-refractivity contribution < 1.29 is 28.9 Å². The van der Waals surface area contributed by atoms with Crippen LogP contribution in [0.3, 0.4) is 0 Å².